The molecule has 1 aromatic rings. The largest absolute Gasteiger partial charge is 0.465 e. The Labute approximate surface area is 117 Å². The van der Waals surface area contributed by atoms with E-state index in [1.165, 1.54) is 6.07 Å². The van der Waals surface area contributed by atoms with Crippen molar-refractivity contribution in [1.29, 1.82) is 0 Å². The van der Waals surface area contributed by atoms with Crippen LogP contribution in [0.1, 0.15) is 42.7 Å². The average molecular weight is 285 g/mol. The summed E-state index contributed by atoms with van der Waals surface area (Å²) in [5.41, 5.74) is 1.11. The van der Waals surface area contributed by atoms with E-state index in [0.29, 0.717) is 5.56 Å². The number of aromatic nitrogens is 1. The number of nitrogens with one attached hydrogen (secondary N) is 1. The predicted molar refractivity (Wildman–Crippen MR) is 72.3 cm³/mol. The molecule has 0 aliphatic heterocycles. The first-order valence-corrected chi connectivity index (χ1v) is 6.43. The third kappa shape index (κ3) is 4.87. The monoisotopic (exact) mass is 284 g/mol. The van der Waals surface area contributed by atoms with Gasteiger partial charge in [-0.2, -0.15) is 0 Å². The van der Waals surface area contributed by atoms with Crippen molar-refractivity contribution < 1.29 is 14.3 Å². The van der Waals surface area contributed by atoms with Gasteiger partial charge < -0.3 is 10.1 Å². The number of esters is 1. The van der Waals surface area contributed by atoms with Crippen LogP contribution in [-0.4, -0.2) is 30.0 Å². The van der Waals surface area contributed by atoms with Crippen molar-refractivity contribution >= 4 is 23.5 Å². The van der Waals surface area contributed by atoms with Crippen LogP contribution in [0.2, 0.25) is 5.15 Å². The van der Waals surface area contributed by atoms with Gasteiger partial charge in [0.2, 0.25) is 0 Å². The van der Waals surface area contributed by atoms with Gasteiger partial charge in [0.05, 0.1) is 6.61 Å². The maximum absolute atomic E-state index is 11.9. The van der Waals surface area contributed by atoms with Gasteiger partial charge in [0.15, 0.2) is 0 Å². The standard InChI is InChI=1S/C13H17ClN2O3/c1-4-19-12(17)7-15-13(18)9-5-10(8(2)3)16-11(14)6-9/h5-6,8H,4,7H2,1-3H3,(H,15,18). The number of hydrogen-bond donors (Lipinski definition) is 1. The maximum atomic E-state index is 11.9. The van der Waals surface area contributed by atoms with E-state index in [1.807, 2.05) is 13.8 Å². The molecule has 0 unspecified atom stereocenters. The van der Waals surface area contributed by atoms with E-state index in [4.69, 9.17) is 16.3 Å². The molecule has 0 aliphatic carbocycles. The number of ether oxygens (including phenoxy) is 1. The van der Waals surface area contributed by atoms with Crippen molar-refractivity contribution in [3.05, 3.63) is 28.5 Å². The van der Waals surface area contributed by atoms with Crippen LogP contribution in [0.5, 0.6) is 0 Å². The van der Waals surface area contributed by atoms with E-state index in [2.05, 4.69) is 10.3 Å². The van der Waals surface area contributed by atoms with Gasteiger partial charge in [-0.05, 0) is 25.0 Å². The van der Waals surface area contributed by atoms with Crippen LogP contribution in [0.15, 0.2) is 12.1 Å². The molecule has 0 aliphatic rings. The normalized spacial score (nSPS) is 10.4. The van der Waals surface area contributed by atoms with E-state index < -0.39 is 5.97 Å². The molecule has 0 radical (unpaired) electrons. The minimum absolute atomic E-state index is 0.162. The van der Waals surface area contributed by atoms with Gasteiger partial charge in [0, 0.05) is 11.3 Å². The molecule has 19 heavy (non-hydrogen) atoms. The summed E-state index contributed by atoms with van der Waals surface area (Å²) in [6.07, 6.45) is 0. The number of pyridine rings is 1. The molecule has 104 valence electrons. The van der Waals surface area contributed by atoms with Gasteiger partial charge in [-0.25, -0.2) is 4.98 Å². The van der Waals surface area contributed by atoms with Crippen molar-refractivity contribution in [2.45, 2.75) is 26.7 Å². The van der Waals surface area contributed by atoms with E-state index in [0.717, 1.165) is 5.69 Å². The average Bonchev–Trinajstić information content (AvgIpc) is 2.35. The van der Waals surface area contributed by atoms with Crippen LogP contribution in [0.25, 0.3) is 0 Å². The first kappa shape index (κ1) is 15.4. The van der Waals surface area contributed by atoms with Crippen LogP contribution < -0.4 is 5.32 Å². The topological polar surface area (TPSA) is 68.3 Å². The second kappa shape index (κ2) is 7.09. The highest BCUT2D eigenvalue weighted by atomic mass is 35.5. The molecule has 1 rings (SSSR count). The van der Waals surface area contributed by atoms with Crippen molar-refractivity contribution in [2.75, 3.05) is 13.2 Å². The number of carbonyl (C=O) groups excluding carboxylic acids is 2. The molecule has 1 aromatic heterocycles. The molecule has 6 heteroatoms. The van der Waals surface area contributed by atoms with Gasteiger partial charge >= 0.3 is 5.97 Å². The van der Waals surface area contributed by atoms with Gasteiger partial charge in [0.1, 0.15) is 11.7 Å². The number of halogens is 1. The number of hydrogen-bond acceptors (Lipinski definition) is 4. The lowest BCUT2D eigenvalue weighted by Gasteiger charge is -2.09. The number of amides is 1. The zero-order valence-corrected chi connectivity index (χ0v) is 12.0. The van der Waals surface area contributed by atoms with E-state index in [9.17, 15) is 9.59 Å². The fourth-order valence-electron chi connectivity index (χ4n) is 1.41. The molecule has 0 atom stereocenters. The highest BCUT2D eigenvalue weighted by Gasteiger charge is 2.12. The van der Waals surface area contributed by atoms with Gasteiger partial charge in [-0.1, -0.05) is 25.4 Å². The molecule has 0 fully saturated rings. The summed E-state index contributed by atoms with van der Waals surface area (Å²) in [5, 5.41) is 2.73. The lowest BCUT2D eigenvalue weighted by molar-refractivity contribution is -0.141. The smallest absolute Gasteiger partial charge is 0.325 e. The SMILES string of the molecule is CCOC(=O)CNC(=O)c1cc(Cl)nc(C(C)C)c1. The predicted octanol–water partition coefficient (Wildman–Crippen LogP) is 2.15. The summed E-state index contributed by atoms with van der Waals surface area (Å²) < 4.78 is 4.72. The molecule has 0 saturated carbocycles. The van der Waals surface area contributed by atoms with Crippen molar-refractivity contribution in [1.82, 2.24) is 10.3 Å². The van der Waals surface area contributed by atoms with Crippen molar-refractivity contribution in [3.8, 4) is 0 Å². The summed E-state index contributed by atoms with van der Waals surface area (Å²) in [6.45, 7) is 5.74. The molecular weight excluding hydrogens is 268 g/mol. The third-order valence-electron chi connectivity index (χ3n) is 2.37. The van der Waals surface area contributed by atoms with Crippen LogP contribution in [0, 0.1) is 0 Å². The van der Waals surface area contributed by atoms with Crippen molar-refractivity contribution in [2.24, 2.45) is 0 Å². The van der Waals surface area contributed by atoms with Gasteiger partial charge in [-0.15, -0.1) is 0 Å². The molecular formula is C13H17ClN2O3. The molecule has 1 N–H and O–H groups in total. The molecule has 0 aromatic carbocycles. The lowest BCUT2D eigenvalue weighted by atomic mass is 10.1. The maximum Gasteiger partial charge on any atom is 0.325 e. The zero-order chi connectivity index (χ0) is 14.4. The summed E-state index contributed by atoms with van der Waals surface area (Å²) in [4.78, 5) is 27.2. The van der Waals surface area contributed by atoms with Crippen LogP contribution in [-0.2, 0) is 9.53 Å². The second-order valence-corrected chi connectivity index (χ2v) is 4.63. The number of nitrogens with zero attached hydrogens (tertiary/aromatic N) is 1. The lowest BCUT2D eigenvalue weighted by Crippen LogP contribution is -2.30. The number of carbonyl (C=O) groups is 2. The minimum Gasteiger partial charge on any atom is -0.465 e. The van der Waals surface area contributed by atoms with Crippen LogP contribution >= 0.6 is 11.6 Å². The molecule has 0 spiro atoms. The summed E-state index contributed by atoms with van der Waals surface area (Å²) in [5.74, 6) is -0.686. The highest BCUT2D eigenvalue weighted by Crippen LogP contribution is 2.17. The molecule has 1 amide bonds. The third-order valence-corrected chi connectivity index (χ3v) is 2.56. The quantitative estimate of drug-likeness (QED) is 0.664. The second-order valence-electron chi connectivity index (χ2n) is 4.25. The van der Waals surface area contributed by atoms with Gasteiger partial charge in [-0.3, -0.25) is 9.59 Å². The zero-order valence-electron chi connectivity index (χ0n) is 11.2. The highest BCUT2D eigenvalue weighted by molar-refractivity contribution is 6.29. The molecule has 1 heterocycles. The molecule has 0 bridgehead atoms. The summed E-state index contributed by atoms with van der Waals surface area (Å²) in [6, 6.07) is 3.13. The Morgan fingerprint density at radius 2 is 2.11 bits per heavy atom. The first-order chi connectivity index (χ1) is 8.93. The Hall–Kier alpha value is -1.62. The fraction of sp³-hybridized carbons (Fsp3) is 0.462. The Morgan fingerprint density at radius 3 is 2.68 bits per heavy atom. The summed E-state index contributed by atoms with van der Waals surface area (Å²) in [7, 11) is 0. The van der Waals surface area contributed by atoms with Crippen molar-refractivity contribution in [3.63, 3.8) is 0 Å². The minimum atomic E-state index is -0.472. The Morgan fingerprint density at radius 1 is 1.42 bits per heavy atom. The van der Waals surface area contributed by atoms with E-state index in [-0.39, 0.29) is 30.1 Å². The number of rotatable bonds is 5. The Balaban J connectivity index is 2.74. The fourth-order valence-corrected chi connectivity index (χ4v) is 1.63. The van der Waals surface area contributed by atoms with Gasteiger partial charge in [0.25, 0.3) is 5.91 Å². The molecule has 5 nitrogen and oxygen atoms in total. The molecule has 0 saturated heterocycles. The Kier molecular flexibility index (Phi) is 5.76. The first-order valence-electron chi connectivity index (χ1n) is 6.05. The van der Waals surface area contributed by atoms with Crippen LogP contribution in [0.3, 0.4) is 0 Å². The van der Waals surface area contributed by atoms with E-state index >= 15 is 0 Å². The van der Waals surface area contributed by atoms with Crippen LogP contribution in [0.4, 0.5) is 0 Å². The van der Waals surface area contributed by atoms with E-state index in [1.54, 1.807) is 13.0 Å². The Bertz CT molecular complexity index is 475. The summed E-state index contributed by atoms with van der Waals surface area (Å²) >= 11 is 5.87.